The Labute approximate surface area is 152 Å². The van der Waals surface area contributed by atoms with Gasteiger partial charge in [-0.15, -0.1) is 0 Å². The summed E-state index contributed by atoms with van der Waals surface area (Å²) in [5.41, 5.74) is 0.924. The number of ether oxygens (including phenoxy) is 2. The van der Waals surface area contributed by atoms with Crippen LogP contribution >= 0.6 is 31.9 Å². The molecule has 2 aromatic carbocycles. The molecule has 23 heavy (non-hydrogen) atoms. The van der Waals surface area contributed by atoms with Crippen molar-refractivity contribution in [1.82, 2.24) is 5.32 Å². The number of carbonyl (C=O) groups excluding carboxylic acids is 1. The van der Waals surface area contributed by atoms with E-state index >= 15 is 0 Å². The first-order chi connectivity index (χ1) is 11.0. The minimum atomic E-state index is -0.196. The lowest BCUT2D eigenvalue weighted by Gasteiger charge is -2.17. The first-order valence-corrected chi connectivity index (χ1v) is 8.60. The van der Waals surface area contributed by atoms with Gasteiger partial charge in [0, 0.05) is 10.0 Å². The average Bonchev–Trinajstić information content (AvgIpc) is 2.54. The van der Waals surface area contributed by atoms with Crippen LogP contribution in [0.5, 0.6) is 11.5 Å². The summed E-state index contributed by atoms with van der Waals surface area (Å²) in [6.07, 6.45) is 0. The van der Waals surface area contributed by atoms with Gasteiger partial charge in [-0.3, -0.25) is 4.79 Å². The highest BCUT2D eigenvalue weighted by molar-refractivity contribution is 9.11. The molecular formula is C17H17Br2NO3. The van der Waals surface area contributed by atoms with E-state index in [1.165, 1.54) is 0 Å². The first-order valence-electron chi connectivity index (χ1n) is 7.01. The van der Waals surface area contributed by atoms with Crippen molar-refractivity contribution in [1.29, 1.82) is 0 Å². The second-order valence-corrected chi connectivity index (χ2v) is 6.66. The van der Waals surface area contributed by atoms with Crippen LogP contribution in [0.25, 0.3) is 0 Å². The van der Waals surface area contributed by atoms with Crippen LogP contribution in [0, 0.1) is 0 Å². The van der Waals surface area contributed by atoms with Crippen LogP contribution < -0.4 is 14.8 Å². The summed E-state index contributed by atoms with van der Waals surface area (Å²) in [6, 6.07) is 12.9. The number of rotatable bonds is 6. The minimum Gasteiger partial charge on any atom is -0.496 e. The third kappa shape index (κ3) is 4.97. The molecule has 1 atom stereocenters. The van der Waals surface area contributed by atoms with E-state index in [0.717, 1.165) is 20.3 Å². The summed E-state index contributed by atoms with van der Waals surface area (Å²) in [5, 5.41) is 2.90. The van der Waals surface area contributed by atoms with Gasteiger partial charge in [-0.25, -0.2) is 0 Å². The monoisotopic (exact) mass is 441 g/mol. The van der Waals surface area contributed by atoms with Crippen LogP contribution in [0.3, 0.4) is 0 Å². The van der Waals surface area contributed by atoms with E-state index in [2.05, 4.69) is 37.2 Å². The smallest absolute Gasteiger partial charge is 0.258 e. The number of hydrogen-bond acceptors (Lipinski definition) is 3. The molecule has 1 N–H and O–H groups in total. The highest BCUT2D eigenvalue weighted by Crippen LogP contribution is 2.28. The van der Waals surface area contributed by atoms with Gasteiger partial charge in [0.1, 0.15) is 11.5 Å². The molecule has 0 heterocycles. The van der Waals surface area contributed by atoms with E-state index in [4.69, 9.17) is 9.47 Å². The number of benzene rings is 2. The molecule has 1 unspecified atom stereocenters. The van der Waals surface area contributed by atoms with Crippen LogP contribution in [0.1, 0.15) is 18.5 Å². The molecule has 0 radical (unpaired) electrons. The molecule has 2 rings (SSSR count). The molecule has 1 amide bonds. The Morgan fingerprint density at radius 2 is 1.91 bits per heavy atom. The highest BCUT2D eigenvalue weighted by atomic mass is 79.9. The number of nitrogens with one attached hydrogen (secondary N) is 1. The Morgan fingerprint density at radius 3 is 2.61 bits per heavy atom. The third-order valence-corrected chi connectivity index (χ3v) is 4.35. The van der Waals surface area contributed by atoms with E-state index < -0.39 is 0 Å². The maximum Gasteiger partial charge on any atom is 0.258 e. The Morgan fingerprint density at radius 1 is 1.17 bits per heavy atom. The lowest BCUT2D eigenvalue weighted by atomic mass is 10.1. The van der Waals surface area contributed by atoms with Gasteiger partial charge >= 0.3 is 0 Å². The Balaban J connectivity index is 1.94. The maximum absolute atomic E-state index is 12.1. The van der Waals surface area contributed by atoms with Gasteiger partial charge in [0.15, 0.2) is 6.61 Å². The zero-order valence-electron chi connectivity index (χ0n) is 12.8. The lowest BCUT2D eigenvalue weighted by Crippen LogP contribution is -2.31. The number of para-hydroxylation sites is 1. The molecule has 0 bridgehead atoms. The zero-order chi connectivity index (χ0) is 16.8. The third-order valence-electron chi connectivity index (χ3n) is 3.24. The second-order valence-electron chi connectivity index (χ2n) is 4.89. The van der Waals surface area contributed by atoms with Crippen molar-refractivity contribution in [2.24, 2.45) is 0 Å². The zero-order valence-corrected chi connectivity index (χ0v) is 16.0. The molecule has 122 valence electrons. The van der Waals surface area contributed by atoms with Crippen molar-refractivity contribution in [3.63, 3.8) is 0 Å². The predicted molar refractivity (Wildman–Crippen MR) is 96.9 cm³/mol. The molecule has 0 fully saturated rings. The molecule has 0 aromatic heterocycles. The average molecular weight is 443 g/mol. The summed E-state index contributed by atoms with van der Waals surface area (Å²) in [7, 11) is 1.61. The van der Waals surface area contributed by atoms with Crippen molar-refractivity contribution < 1.29 is 14.3 Å². The summed E-state index contributed by atoms with van der Waals surface area (Å²) < 4.78 is 12.6. The fourth-order valence-corrected chi connectivity index (χ4v) is 3.28. The van der Waals surface area contributed by atoms with Crippen molar-refractivity contribution >= 4 is 37.8 Å². The van der Waals surface area contributed by atoms with Crippen LogP contribution in [0.2, 0.25) is 0 Å². The highest BCUT2D eigenvalue weighted by Gasteiger charge is 2.14. The van der Waals surface area contributed by atoms with E-state index in [9.17, 15) is 4.79 Å². The number of halogens is 2. The maximum atomic E-state index is 12.1. The molecule has 0 aliphatic rings. The van der Waals surface area contributed by atoms with Crippen molar-refractivity contribution in [2.75, 3.05) is 13.7 Å². The number of methoxy groups -OCH3 is 1. The molecule has 0 aliphatic carbocycles. The second kappa shape index (κ2) is 8.36. The fraction of sp³-hybridized carbons (Fsp3) is 0.235. The van der Waals surface area contributed by atoms with Gasteiger partial charge in [0.05, 0.1) is 17.6 Å². The van der Waals surface area contributed by atoms with Gasteiger partial charge in [-0.05, 0) is 47.1 Å². The van der Waals surface area contributed by atoms with Crippen LogP contribution in [-0.2, 0) is 4.79 Å². The van der Waals surface area contributed by atoms with Crippen LogP contribution in [0.4, 0.5) is 0 Å². The van der Waals surface area contributed by atoms with E-state index in [-0.39, 0.29) is 18.6 Å². The van der Waals surface area contributed by atoms with Crippen LogP contribution in [0.15, 0.2) is 51.4 Å². The molecule has 2 aromatic rings. The quantitative estimate of drug-likeness (QED) is 0.717. The summed E-state index contributed by atoms with van der Waals surface area (Å²) in [5.74, 6) is 1.17. The molecule has 0 saturated carbocycles. The van der Waals surface area contributed by atoms with E-state index in [1.54, 1.807) is 13.2 Å². The number of amides is 1. The molecule has 0 aliphatic heterocycles. The molecule has 0 spiro atoms. The molecule has 4 nitrogen and oxygen atoms in total. The molecule has 6 heteroatoms. The number of carbonyl (C=O) groups is 1. The fourth-order valence-electron chi connectivity index (χ4n) is 2.12. The topological polar surface area (TPSA) is 47.6 Å². The van der Waals surface area contributed by atoms with E-state index in [1.807, 2.05) is 43.3 Å². The van der Waals surface area contributed by atoms with Crippen molar-refractivity contribution in [3.8, 4) is 11.5 Å². The standard InChI is InChI=1S/C17H17Br2NO3/c1-11(13-5-3-4-6-15(13)22-2)20-17(21)10-23-16-8-7-12(18)9-14(16)19/h3-9,11H,10H2,1-2H3,(H,20,21). The Bertz CT molecular complexity index is 691. The summed E-state index contributed by atoms with van der Waals surface area (Å²) in [6.45, 7) is 1.85. The lowest BCUT2D eigenvalue weighted by molar-refractivity contribution is -0.123. The molecule has 0 saturated heterocycles. The van der Waals surface area contributed by atoms with Gasteiger partial charge in [-0.2, -0.15) is 0 Å². The SMILES string of the molecule is COc1ccccc1C(C)NC(=O)COc1ccc(Br)cc1Br. The van der Waals surface area contributed by atoms with Gasteiger partial charge in [-0.1, -0.05) is 34.1 Å². The van der Waals surface area contributed by atoms with Gasteiger partial charge in [0.25, 0.3) is 5.91 Å². The Hall–Kier alpha value is -1.53. The summed E-state index contributed by atoms with van der Waals surface area (Å²) in [4.78, 5) is 12.1. The summed E-state index contributed by atoms with van der Waals surface area (Å²) >= 11 is 6.77. The minimum absolute atomic E-state index is 0.0558. The van der Waals surface area contributed by atoms with Crippen molar-refractivity contribution in [3.05, 3.63) is 57.0 Å². The van der Waals surface area contributed by atoms with Crippen LogP contribution in [-0.4, -0.2) is 19.6 Å². The van der Waals surface area contributed by atoms with Crippen molar-refractivity contribution in [2.45, 2.75) is 13.0 Å². The van der Waals surface area contributed by atoms with Gasteiger partial charge < -0.3 is 14.8 Å². The Kier molecular flexibility index (Phi) is 6.47. The first kappa shape index (κ1) is 17.8. The van der Waals surface area contributed by atoms with Gasteiger partial charge in [0.2, 0.25) is 0 Å². The largest absolute Gasteiger partial charge is 0.496 e. The predicted octanol–water partition coefficient (Wildman–Crippen LogP) is 4.48. The van der Waals surface area contributed by atoms with E-state index in [0.29, 0.717) is 5.75 Å². The molecular weight excluding hydrogens is 426 g/mol. The number of hydrogen-bond donors (Lipinski definition) is 1. The normalized spacial score (nSPS) is 11.7.